The van der Waals surface area contributed by atoms with E-state index in [9.17, 15) is 5.21 Å². The van der Waals surface area contributed by atoms with Crippen LogP contribution in [0, 0.1) is 16.7 Å². The maximum Gasteiger partial charge on any atom is 0.163 e. The smallest absolute Gasteiger partial charge is 0.163 e. The number of hydrogen-bond donors (Lipinski definition) is 1. The maximum absolute atomic E-state index is 9.36. The zero-order valence-electron chi connectivity index (χ0n) is 6.51. The van der Waals surface area contributed by atoms with Crippen LogP contribution in [0.1, 0.15) is 12.8 Å². The highest BCUT2D eigenvalue weighted by molar-refractivity contribution is 5.72. The highest BCUT2D eigenvalue weighted by Gasteiger charge is 2.52. The molecular formula is C8H9N3O. The molecule has 1 aliphatic carbocycles. The summed E-state index contributed by atoms with van der Waals surface area (Å²) in [6, 6.07) is 2.20. The van der Waals surface area contributed by atoms with Crippen LogP contribution in [0.25, 0.3) is 0 Å². The van der Waals surface area contributed by atoms with E-state index in [1.54, 1.807) is 12.3 Å². The van der Waals surface area contributed by atoms with Crippen molar-refractivity contribution in [3.05, 3.63) is 12.3 Å². The van der Waals surface area contributed by atoms with Crippen molar-refractivity contribution in [1.29, 1.82) is 5.26 Å². The van der Waals surface area contributed by atoms with Gasteiger partial charge in [0.05, 0.1) is 6.07 Å². The zero-order chi connectivity index (χ0) is 8.60. The Labute approximate surface area is 70.4 Å². The zero-order valence-corrected chi connectivity index (χ0v) is 6.51. The summed E-state index contributed by atoms with van der Waals surface area (Å²) in [6.07, 6.45) is 6.05. The van der Waals surface area contributed by atoms with Crippen molar-refractivity contribution in [2.24, 2.45) is 10.4 Å². The minimum Gasteiger partial charge on any atom is -0.287 e. The summed E-state index contributed by atoms with van der Waals surface area (Å²) in [7, 11) is 0. The van der Waals surface area contributed by atoms with Crippen LogP contribution >= 0.6 is 0 Å². The first-order valence-corrected chi connectivity index (χ1v) is 3.87. The first-order chi connectivity index (χ1) is 5.78. The van der Waals surface area contributed by atoms with Gasteiger partial charge in [-0.2, -0.15) is 5.26 Å². The summed E-state index contributed by atoms with van der Waals surface area (Å²) < 4.78 is 0. The highest BCUT2D eigenvalue weighted by Crippen LogP contribution is 2.50. The predicted octanol–water partition coefficient (Wildman–Crippen LogP) is 0.906. The molecule has 2 aliphatic rings. The molecule has 1 aliphatic heterocycles. The lowest BCUT2D eigenvalue weighted by Gasteiger charge is -2.26. The van der Waals surface area contributed by atoms with E-state index >= 15 is 0 Å². The molecule has 12 heavy (non-hydrogen) atoms. The van der Waals surface area contributed by atoms with E-state index in [1.165, 1.54) is 6.20 Å². The molecule has 1 atom stereocenters. The Morgan fingerprint density at radius 3 is 2.92 bits per heavy atom. The maximum atomic E-state index is 9.36. The summed E-state index contributed by atoms with van der Waals surface area (Å²) in [5.41, 5.74) is -0.435. The van der Waals surface area contributed by atoms with Crippen LogP contribution in [-0.4, -0.2) is 22.7 Å². The molecule has 1 fully saturated rings. The lowest BCUT2D eigenvalue weighted by Crippen LogP contribution is -2.35. The number of rotatable bonds is 1. The molecule has 0 aromatic carbocycles. The van der Waals surface area contributed by atoms with Crippen LogP contribution < -0.4 is 0 Å². The van der Waals surface area contributed by atoms with Gasteiger partial charge in [-0.1, -0.05) is 0 Å². The Balaban J connectivity index is 2.20. The second kappa shape index (κ2) is 2.32. The quantitative estimate of drug-likeness (QED) is 0.624. The second-order valence-corrected chi connectivity index (χ2v) is 3.16. The molecule has 0 spiro atoms. The normalized spacial score (nSPS) is 30.0. The average molecular weight is 163 g/mol. The molecule has 62 valence electrons. The Morgan fingerprint density at radius 1 is 1.67 bits per heavy atom. The minimum absolute atomic E-state index is 0.396. The molecule has 0 amide bonds. The van der Waals surface area contributed by atoms with Crippen LogP contribution in [0.3, 0.4) is 0 Å². The minimum atomic E-state index is -0.435. The third-order valence-electron chi connectivity index (χ3n) is 2.31. The van der Waals surface area contributed by atoms with Gasteiger partial charge < -0.3 is 0 Å². The molecule has 0 radical (unpaired) electrons. The molecule has 2 rings (SSSR count). The first kappa shape index (κ1) is 7.32. The molecule has 0 bridgehead atoms. The summed E-state index contributed by atoms with van der Waals surface area (Å²) in [6.45, 7) is 0. The van der Waals surface area contributed by atoms with Gasteiger partial charge in [-0.25, -0.2) is 5.06 Å². The van der Waals surface area contributed by atoms with Gasteiger partial charge in [0.1, 0.15) is 5.41 Å². The fourth-order valence-electron chi connectivity index (χ4n) is 1.37. The second-order valence-electron chi connectivity index (χ2n) is 3.16. The lowest BCUT2D eigenvalue weighted by molar-refractivity contribution is -0.0921. The largest absolute Gasteiger partial charge is 0.287 e. The summed E-state index contributed by atoms with van der Waals surface area (Å²) >= 11 is 0. The molecule has 0 saturated heterocycles. The van der Waals surface area contributed by atoms with Crippen molar-refractivity contribution in [3.8, 4) is 6.07 Å². The molecule has 1 N–H and O–H groups in total. The monoisotopic (exact) mass is 163 g/mol. The predicted molar refractivity (Wildman–Crippen MR) is 42.3 cm³/mol. The molecule has 1 unspecified atom stereocenters. The van der Waals surface area contributed by atoms with Gasteiger partial charge >= 0.3 is 0 Å². The molecule has 1 saturated carbocycles. The fraction of sp³-hybridized carbons (Fsp3) is 0.500. The van der Waals surface area contributed by atoms with Gasteiger partial charge in [-0.3, -0.25) is 10.2 Å². The molecule has 0 aromatic heterocycles. The van der Waals surface area contributed by atoms with Crippen LogP contribution in [-0.2, 0) is 0 Å². The Hall–Kier alpha value is -1.34. The lowest BCUT2D eigenvalue weighted by atomic mass is 10.1. The van der Waals surface area contributed by atoms with Gasteiger partial charge in [0.25, 0.3) is 0 Å². The van der Waals surface area contributed by atoms with Crippen molar-refractivity contribution in [2.45, 2.75) is 19.0 Å². The molecule has 4 nitrogen and oxygen atoms in total. The summed E-state index contributed by atoms with van der Waals surface area (Å²) in [5, 5.41) is 19.2. The van der Waals surface area contributed by atoms with E-state index < -0.39 is 11.6 Å². The Morgan fingerprint density at radius 2 is 2.42 bits per heavy atom. The van der Waals surface area contributed by atoms with Crippen LogP contribution in [0.15, 0.2) is 17.3 Å². The van der Waals surface area contributed by atoms with E-state index in [4.69, 9.17) is 5.26 Å². The number of nitrogens with zero attached hydrogens (tertiary/aromatic N) is 3. The van der Waals surface area contributed by atoms with E-state index in [0.29, 0.717) is 0 Å². The molecule has 1 heterocycles. The topological polar surface area (TPSA) is 59.6 Å². The van der Waals surface area contributed by atoms with Crippen molar-refractivity contribution < 1.29 is 5.21 Å². The molecular weight excluding hydrogens is 154 g/mol. The summed E-state index contributed by atoms with van der Waals surface area (Å²) in [4.78, 5) is 4.06. The first-order valence-electron chi connectivity index (χ1n) is 3.87. The summed E-state index contributed by atoms with van der Waals surface area (Å²) in [5.74, 6) is 0. The van der Waals surface area contributed by atoms with Gasteiger partial charge in [0, 0.05) is 12.4 Å². The van der Waals surface area contributed by atoms with Crippen molar-refractivity contribution in [3.63, 3.8) is 0 Å². The number of allylic oxidation sites excluding steroid dienone is 1. The van der Waals surface area contributed by atoms with Crippen molar-refractivity contribution in [1.82, 2.24) is 5.06 Å². The SMILES string of the molecule is N#CC1(C2N=CC=CN2O)CC1. The standard InChI is InChI=1S/C8H9N3O/c9-6-8(2-3-8)7-10-4-1-5-11(7)12/h1,4-5,7,12H,2-3H2. The Kier molecular flexibility index (Phi) is 1.42. The van der Waals surface area contributed by atoms with Gasteiger partial charge in [-0.05, 0) is 18.9 Å². The van der Waals surface area contributed by atoms with E-state index in [0.717, 1.165) is 17.9 Å². The third-order valence-corrected chi connectivity index (χ3v) is 2.31. The fourth-order valence-corrected chi connectivity index (χ4v) is 1.37. The number of hydroxylamine groups is 2. The van der Waals surface area contributed by atoms with Gasteiger partial charge in [-0.15, -0.1) is 0 Å². The van der Waals surface area contributed by atoms with Crippen LogP contribution in [0.2, 0.25) is 0 Å². The molecule has 4 heteroatoms. The Bertz CT molecular complexity index is 285. The van der Waals surface area contributed by atoms with Crippen molar-refractivity contribution in [2.75, 3.05) is 0 Å². The van der Waals surface area contributed by atoms with E-state index in [2.05, 4.69) is 11.1 Å². The average Bonchev–Trinajstić information content (AvgIpc) is 2.86. The molecule has 0 aromatic rings. The third kappa shape index (κ3) is 0.908. The van der Waals surface area contributed by atoms with Crippen LogP contribution in [0.5, 0.6) is 0 Å². The number of hydrogen-bond acceptors (Lipinski definition) is 4. The van der Waals surface area contributed by atoms with Crippen LogP contribution in [0.4, 0.5) is 0 Å². The van der Waals surface area contributed by atoms with Gasteiger partial charge in [0.15, 0.2) is 6.17 Å². The highest BCUT2D eigenvalue weighted by atomic mass is 16.5. The van der Waals surface area contributed by atoms with E-state index in [1.807, 2.05) is 0 Å². The number of aliphatic imine (C=N–C) groups is 1. The van der Waals surface area contributed by atoms with Gasteiger partial charge in [0.2, 0.25) is 0 Å². The number of nitriles is 1. The van der Waals surface area contributed by atoms with Crippen molar-refractivity contribution >= 4 is 6.21 Å². The van der Waals surface area contributed by atoms with E-state index in [-0.39, 0.29) is 0 Å².